The summed E-state index contributed by atoms with van der Waals surface area (Å²) in [5, 5.41) is 0. The molecule has 0 saturated heterocycles. The fraction of sp³-hybridized carbons (Fsp3) is 0.300. The van der Waals surface area contributed by atoms with E-state index in [0.29, 0.717) is 0 Å². The van der Waals surface area contributed by atoms with Gasteiger partial charge >= 0.3 is 0 Å². The summed E-state index contributed by atoms with van der Waals surface area (Å²) in [6.07, 6.45) is 1.98. The van der Waals surface area contributed by atoms with Crippen LogP contribution in [0.2, 0.25) is 0 Å². The molecule has 1 radical (unpaired) electrons. The van der Waals surface area contributed by atoms with Crippen LogP contribution in [0.25, 0.3) is 0 Å². The summed E-state index contributed by atoms with van der Waals surface area (Å²) in [4.78, 5) is 0. The Morgan fingerprint density at radius 3 is 2.64 bits per heavy atom. The molecule has 1 rings (SSSR count). The van der Waals surface area contributed by atoms with Crippen LogP contribution in [0.15, 0.2) is 18.2 Å². The van der Waals surface area contributed by atoms with Crippen LogP contribution in [0, 0.1) is 12.7 Å². The first-order chi connectivity index (χ1) is 5.22. The molecule has 11 heavy (non-hydrogen) atoms. The number of benzene rings is 1. The second kappa shape index (κ2) is 3.51. The first-order valence-corrected chi connectivity index (χ1v) is 3.84. The molecule has 0 unspecified atom stereocenters. The van der Waals surface area contributed by atoms with E-state index in [0.717, 1.165) is 24.0 Å². The molecule has 59 valence electrons. The third kappa shape index (κ3) is 2.34. The lowest BCUT2D eigenvalue weighted by atomic mass is 10.1. The standard InChI is InChI=1S/C10H12F/c1-3-4-9-5-8(2)6-10(11)7-9/h5-7H,2-4H2,1H3. The molecule has 0 nitrogen and oxygen atoms in total. The van der Waals surface area contributed by atoms with Crippen molar-refractivity contribution in [2.24, 2.45) is 0 Å². The van der Waals surface area contributed by atoms with Crippen molar-refractivity contribution < 1.29 is 4.39 Å². The van der Waals surface area contributed by atoms with Gasteiger partial charge in [-0.05, 0) is 36.6 Å². The molecule has 0 amide bonds. The van der Waals surface area contributed by atoms with E-state index in [1.807, 2.05) is 6.07 Å². The van der Waals surface area contributed by atoms with Gasteiger partial charge in [0.2, 0.25) is 0 Å². The Bertz CT molecular complexity index is 220. The average molecular weight is 151 g/mol. The van der Waals surface area contributed by atoms with Gasteiger partial charge in [0.05, 0.1) is 0 Å². The number of hydrogen-bond acceptors (Lipinski definition) is 0. The van der Waals surface area contributed by atoms with Gasteiger partial charge in [-0.1, -0.05) is 19.4 Å². The third-order valence-corrected chi connectivity index (χ3v) is 1.56. The zero-order valence-corrected chi connectivity index (χ0v) is 6.73. The van der Waals surface area contributed by atoms with E-state index in [2.05, 4.69) is 13.8 Å². The Hall–Kier alpha value is -0.850. The number of aryl methyl sites for hydroxylation is 1. The minimum absolute atomic E-state index is 0.180. The molecule has 0 aliphatic carbocycles. The largest absolute Gasteiger partial charge is 0.207 e. The summed E-state index contributed by atoms with van der Waals surface area (Å²) >= 11 is 0. The topological polar surface area (TPSA) is 0 Å². The maximum absolute atomic E-state index is 12.7. The number of rotatable bonds is 2. The van der Waals surface area contributed by atoms with Crippen LogP contribution in [0.3, 0.4) is 0 Å². The molecule has 0 saturated carbocycles. The number of hydrogen-bond donors (Lipinski definition) is 0. The molecule has 1 aromatic carbocycles. The maximum atomic E-state index is 12.7. The van der Waals surface area contributed by atoms with E-state index in [4.69, 9.17) is 0 Å². The summed E-state index contributed by atoms with van der Waals surface area (Å²) in [6.45, 7) is 5.76. The van der Waals surface area contributed by atoms with Crippen LogP contribution in [0.4, 0.5) is 4.39 Å². The quantitative estimate of drug-likeness (QED) is 0.609. The van der Waals surface area contributed by atoms with Gasteiger partial charge in [0, 0.05) is 0 Å². The highest BCUT2D eigenvalue weighted by atomic mass is 19.1. The summed E-state index contributed by atoms with van der Waals surface area (Å²) in [5.41, 5.74) is 1.80. The van der Waals surface area contributed by atoms with Gasteiger partial charge in [0.1, 0.15) is 5.82 Å². The molecule has 1 heteroatoms. The Morgan fingerprint density at radius 1 is 1.36 bits per heavy atom. The van der Waals surface area contributed by atoms with Crippen molar-refractivity contribution in [3.63, 3.8) is 0 Å². The van der Waals surface area contributed by atoms with Gasteiger partial charge in [0.15, 0.2) is 0 Å². The van der Waals surface area contributed by atoms with Crippen molar-refractivity contribution in [2.75, 3.05) is 0 Å². The molecule has 0 N–H and O–H groups in total. The van der Waals surface area contributed by atoms with Gasteiger partial charge in [-0.3, -0.25) is 0 Å². The second-order valence-electron chi connectivity index (χ2n) is 2.72. The normalized spacial score (nSPS) is 10.1. The Morgan fingerprint density at radius 2 is 2.09 bits per heavy atom. The van der Waals surface area contributed by atoms with E-state index in [9.17, 15) is 4.39 Å². The zero-order valence-electron chi connectivity index (χ0n) is 6.73. The molecule has 0 heterocycles. The van der Waals surface area contributed by atoms with Crippen molar-refractivity contribution in [3.05, 3.63) is 42.1 Å². The fourth-order valence-electron chi connectivity index (χ4n) is 1.15. The number of halogens is 1. The van der Waals surface area contributed by atoms with Crippen LogP contribution in [0.5, 0.6) is 0 Å². The SMILES string of the molecule is [CH2]c1cc(F)cc(CCC)c1. The Kier molecular flexibility index (Phi) is 2.64. The second-order valence-corrected chi connectivity index (χ2v) is 2.72. The van der Waals surface area contributed by atoms with Crippen LogP contribution < -0.4 is 0 Å². The fourth-order valence-corrected chi connectivity index (χ4v) is 1.15. The van der Waals surface area contributed by atoms with Crippen molar-refractivity contribution in [1.82, 2.24) is 0 Å². The molecule has 0 spiro atoms. The minimum Gasteiger partial charge on any atom is -0.207 e. The van der Waals surface area contributed by atoms with Crippen LogP contribution in [0.1, 0.15) is 24.5 Å². The monoisotopic (exact) mass is 151 g/mol. The molecule has 1 aromatic rings. The van der Waals surface area contributed by atoms with E-state index in [1.165, 1.54) is 6.07 Å². The average Bonchev–Trinajstić information content (AvgIpc) is 1.85. The minimum atomic E-state index is -0.180. The predicted octanol–water partition coefficient (Wildman–Crippen LogP) is 2.96. The smallest absolute Gasteiger partial charge is 0.123 e. The predicted molar refractivity (Wildman–Crippen MR) is 44.9 cm³/mol. The molecular formula is C10H12F. The zero-order chi connectivity index (χ0) is 8.27. The van der Waals surface area contributed by atoms with E-state index in [1.54, 1.807) is 6.07 Å². The van der Waals surface area contributed by atoms with E-state index < -0.39 is 0 Å². The molecular weight excluding hydrogens is 139 g/mol. The van der Waals surface area contributed by atoms with Crippen LogP contribution in [-0.4, -0.2) is 0 Å². The van der Waals surface area contributed by atoms with Crippen molar-refractivity contribution in [1.29, 1.82) is 0 Å². The molecule has 0 fully saturated rings. The molecule has 0 aliphatic rings. The van der Waals surface area contributed by atoms with E-state index >= 15 is 0 Å². The summed E-state index contributed by atoms with van der Waals surface area (Å²) < 4.78 is 12.7. The lowest BCUT2D eigenvalue weighted by molar-refractivity contribution is 0.624. The first kappa shape index (κ1) is 8.25. The molecule has 0 bridgehead atoms. The van der Waals surface area contributed by atoms with Crippen molar-refractivity contribution in [3.8, 4) is 0 Å². The highest BCUT2D eigenvalue weighted by molar-refractivity contribution is 5.26. The molecule has 0 aliphatic heterocycles. The van der Waals surface area contributed by atoms with Gasteiger partial charge in [-0.25, -0.2) is 4.39 Å². The van der Waals surface area contributed by atoms with Crippen molar-refractivity contribution >= 4 is 0 Å². The summed E-state index contributed by atoms with van der Waals surface area (Å²) in [5.74, 6) is -0.180. The van der Waals surface area contributed by atoms with E-state index in [-0.39, 0.29) is 5.82 Å². The van der Waals surface area contributed by atoms with Crippen LogP contribution >= 0.6 is 0 Å². The molecule has 0 atom stereocenters. The van der Waals surface area contributed by atoms with Crippen LogP contribution in [-0.2, 0) is 6.42 Å². The maximum Gasteiger partial charge on any atom is 0.123 e. The highest BCUT2D eigenvalue weighted by Crippen LogP contribution is 2.09. The Labute approximate surface area is 67.1 Å². The highest BCUT2D eigenvalue weighted by Gasteiger charge is 1.95. The lowest BCUT2D eigenvalue weighted by Crippen LogP contribution is -1.86. The lowest BCUT2D eigenvalue weighted by Gasteiger charge is -1.99. The first-order valence-electron chi connectivity index (χ1n) is 3.84. The summed E-state index contributed by atoms with van der Waals surface area (Å²) in [6, 6.07) is 4.93. The van der Waals surface area contributed by atoms with Gasteiger partial charge < -0.3 is 0 Å². The van der Waals surface area contributed by atoms with Crippen molar-refractivity contribution in [2.45, 2.75) is 19.8 Å². The van der Waals surface area contributed by atoms with Gasteiger partial charge in [-0.2, -0.15) is 0 Å². The molecule has 0 aromatic heterocycles. The summed E-state index contributed by atoms with van der Waals surface area (Å²) in [7, 11) is 0. The van der Waals surface area contributed by atoms with Gasteiger partial charge in [-0.15, -0.1) is 0 Å². The van der Waals surface area contributed by atoms with Gasteiger partial charge in [0.25, 0.3) is 0 Å². The Balaban J connectivity index is 2.89. The third-order valence-electron chi connectivity index (χ3n) is 1.56.